The third-order valence-corrected chi connectivity index (χ3v) is 7.56. The number of carbonyl (C=O) groups excluding carboxylic acids is 1. The molecule has 0 fully saturated rings. The molecule has 0 radical (unpaired) electrons. The van der Waals surface area contributed by atoms with Gasteiger partial charge in [-0.05, 0) is 37.1 Å². The molecule has 2 aromatic rings. The van der Waals surface area contributed by atoms with Crippen LogP contribution >= 0.6 is 0 Å². The second kappa shape index (κ2) is 8.92. The van der Waals surface area contributed by atoms with Crippen LogP contribution in [0.15, 0.2) is 24.3 Å². The number of ether oxygens (including phenoxy) is 3. The van der Waals surface area contributed by atoms with Crippen molar-refractivity contribution in [1.29, 1.82) is 0 Å². The first-order valence-electron chi connectivity index (χ1n) is 12.2. The minimum atomic E-state index is -3.83. The summed E-state index contributed by atoms with van der Waals surface area (Å²) >= 11 is 0. The summed E-state index contributed by atoms with van der Waals surface area (Å²) in [5.41, 5.74) is -0.553. The number of hydrogen-bond donors (Lipinski definition) is 4. The molecule has 3 heterocycles. The number of aliphatic hydroxyl groups excluding tert-OH is 3. The number of alkyl halides is 2. The average Bonchev–Trinajstić information content (AvgIpc) is 3.48. The van der Waals surface area contributed by atoms with E-state index in [9.17, 15) is 28.9 Å². The molecule has 0 spiro atoms. The third-order valence-electron chi connectivity index (χ3n) is 7.56. The van der Waals surface area contributed by atoms with Crippen LogP contribution in [0, 0.1) is 11.2 Å². The van der Waals surface area contributed by atoms with Gasteiger partial charge in [-0.2, -0.15) is 0 Å². The summed E-state index contributed by atoms with van der Waals surface area (Å²) in [5.74, 6) is -1.59. The van der Waals surface area contributed by atoms with E-state index in [-0.39, 0.29) is 48.7 Å². The Morgan fingerprint density at radius 1 is 1.18 bits per heavy atom. The standard InChI is InChI=1S/C26H29F3N2O7/c1-24(2,11-33)22-5-13-4-17(16(27)7-18(13)31(22)9-14(34)10-32)30-23(35)25(3)12-36-19-8-21-20(6-15(19)25)37-26(28,29)38-21/h4,6-8,14,22,32-34H,5,9-12H2,1-3H3,(H,30,35)/t14-,22-,25+/m1/s1. The van der Waals surface area contributed by atoms with Crippen LogP contribution in [0.25, 0.3) is 0 Å². The molecule has 0 unspecified atom stereocenters. The second-order valence-corrected chi connectivity index (χ2v) is 10.9. The highest BCUT2D eigenvalue weighted by Gasteiger charge is 2.49. The Labute approximate surface area is 216 Å². The van der Waals surface area contributed by atoms with Gasteiger partial charge < -0.3 is 39.7 Å². The van der Waals surface area contributed by atoms with Crippen LogP contribution < -0.4 is 24.4 Å². The van der Waals surface area contributed by atoms with Crippen LogP contribution in [0.5, 0.6) is 17.2 Å². The van der Waals surface area contributed by atoms with Gasteiger partial charge >= 0.3 is 6.29 Å². The number of nitrogens with one attached hydrogen (secondary N) is 1. The Kier molecular flexibility index (Phi) is 6.20. The SMILES string of the molecule is CC(C)(CO)[C@H]1Cc2cc(NC(=O)[C@@]3(C)COc4cc5c(cc43)OC(F)(F)O5)c(F)cc2N1C[C@@H](O)CO. The molecule has 0 saturated carbocycles. The Bertz CT molecular complexity index is 1290. The zero-order valence-corrected chi connectivity index (χ0v) is 21.1. The first-order valence-corrected chi connectivity index (χ1v) is 12.2. The van der Waals surface area contributed by atoms with Crippen LogP contribution in [0.4, 0.5) is 24.5 Å². The van der Waals surface area contributed by atoms with Gasteiger partial charge in [0.1, 0.15) is 23.6 Å². The summed E-state index contributed by atoms with van der Waals surface area (Å²) in [6, 6.07) is 4.96. The Morgan fingerprint density at radius 3 is 2.53 bits per heavy atom. The first kappa shape index (κ1) is 26.4. The Morgan fingerprint density at radius 2 is 1.87 bits per heavy atom. The molecule has 4 N–H and O–H groups in total. The van der Waals surface area contributed by atoms with E-state index in [1.165, 1.54) is 24.3 Å². The summed E-state index contributed by atoms with van der Waals surface area (Å²) in [4.78, 5) is 15.2. The zero-order chi connectivity index (χ0) is 27.6. The molecule has 0 aromatic heterocycles. The smallest absolute Gasteiger partial charge is 0.492 e. The lowest BCUT2D eigenvalue weighted by atomic mass is 9.83. The summed E-state index contributed by atoms with van der Waals surface area (Å²) in [6.45, 7) is 4.53. The van der Waals surface area contributed by atoms with Gasteiger partial charge in [-0.1, -0.05) is 13.8 Å². The molecule has 0 bridgehead atoms. The number of fused-ring (bicyclic) bond motifs is 3. The number of rotatable bonds is 7. The quantitative estimate of drug-likeness (QED) is 0.425. The number of amides is 1. The van der Waals surface area contributed by atoms with Crippen molar-refractivity contribution in [1.82, 2.24) is 0 Å². The van der Waals surface area contributed by atoms with Gasteiger partial charge in [-0.3, -0.25) is 4.79 Å². The van der Waals surface area contributed by atoms with Crippen LogP contribution in [0.3, 0.4) is 0 Å². The summed E-state index contributed by atoms with van der Waals surface area (Å²) in [6.07, 6.45) is -4.49. The number of hydrogen-bond acceptors (Lipinski definition) is 8. The largest absolute Gasteiger partial charge is 0.586 e. The van der Waals surface area contributed by atoms with Crippen molar-refractivity contribution >= 4 is 17.3 Å². The molecule has 38 heavy (non-hydrogen) atoms. The molecular formula is C26H29F3N2O7. The minimum absolute atomic E-state index is 0.0318. The van der Waals surface area contributed by atoms with Gasteiger partial charge in [0.05, 0.1) is 25.0 Å². The number of anilines is 2. The molecule has 1 amide bonds. The number of halogens is 3. The Balaban J connectivity index is 1.43. The highest BCUT2D eigenvalue weighted by molar-refractivity contribution is 6.00. The molecular weight excluding hydrogens is 509 g/mol. The molecule has 12 heteroatoms. The van der Waals surface area contributed by atoms with Crippen LogP contribution in [-0.4, -0.2) is 66.0 Å². The van der Waals surface area contributed by atoms with Crippen molar-refractivity contribution in [3.8, 4) is 17.2 Å². The summed E-state index contributed by atoms with van der Waals surface area (Å²) in [5, 5.41) is 32.0. The fourth-order valence-electron chi connectivity index (χ4n) is 5.21. The number of aliphatic hydroxyl groups is 3. The number of benzene rings is 2. The van der Waals surface area contributed by atoms with Gasteiger partial charge in [-0.25, -0.2) is 4.39 Å². The summed E-state index contributed by atoms with van der Waals surface area (Å²) in [7, 11) is 0. The lowest BCUT2D eigenvalue weighted by Crippen LogP contribution is -2.48. The normalized spacial score (nSPS) is 23.6. The van der Waals surface area contributed by atoms with E-state index in [0.717, 1.165) is 0 Å². The highest BCUT2D eigenvalue weighted by atomic mass is 19.3. The zero-order valence-electron chi connectivity index (χ0n) is 21.1. The molecule has 3 aliphatic rings. The molecule has 0 saturated heterocycles. The van der Waals surface area contributed by atoms with Crippen molar-refractivity contribution in [3.05, 3.63) is 41.2 Å². The van der Waals surface area contributed by atoms with Crippen LogP contribution in [-0.2, 0) is 16.6 Å². The van der Waals surface area contributed by atoms with Gasteiger partial charge in [0, 0.05) is 35.3 Å². The maximum absolute atomic E-state index is 15.3. The van der Waals surface area contributed by atoms with Crippen molar-refractivity contribution in [2.75, 3.05) is 36.6 Å². The molecule has 0 aliphatic carbocycles. The topological polar surface area (TPSA) is 121 Å². The first-order chi connectivity index (χ1) is 17.8. The van der Waals surface area contributed by atoms with Gasteiger partial charge in [0.15, 0.2) is 11.5 Å². The molecule has 3 atom stereocenters. The molecule has 2 aromatic carbocycles. The van der Waals surface area contributed by atoms with E-state index >= 15 is 4.39 Å². The molecule has 206 valence electrons. The maximum atomic E-state index is 15.3. The minimum Gasteiger partial charge on any atom is -0.492 e. The summed E-state index contributed by atoms with van der Waals surface area (Å²) < 4.78 is 56.9. The van der Waals surface area contributed by atoms with Crippen molar-refractivity contribution in [3.63, 3.8) is 0 Å². The molecule has 5 rings (SSSR count). The molecule has 3 aliphatic heterocycles. The van der Waals surface area contributed by atoms with Crippen molar-refractivity contribution in [2.45, 2.75) is 51.0 Å². The number of β-amino-alcohol motifs (C(OH)–C–C–N with tert-alkyl or cyclic N) is 1. The lowest BCUT2D eigenvalue weighted by molar-refractivity contribution is -0.286. The van der Waals surface area contributed by atoms with E-state index < -0.39 is 41.6 Å². The lowest BCUT2D eigenvalue weighted by Gasteiger charge is -2.39. The highest BCUT2D eigenvalue weighted by Crippen LogP contribution is 2.50. The predicted octanol–water partition coefficient (Wildman–Crippen LogP) is 2.54. The average molecular weight is 539 g/mol. The van der Waals surface area contributed by atoms with E-state index in [4.69, 9.17) is 4.74 Å². The van der Waals surface area contributed by atoms with Gasteiger partial charge in [0.25, 0.3) is 0 Å². The second-order valence-electron chi connectivity index (χ2n) is 10.9. The fourth-order valence-corrected chi connectivity index (χ4v) is 5.21. The van der Waals surface area contributed by atoms with Crippen molar-refractivity contribution < 1.29 is 47.5 Å². The van der Waals surface area contributed by atoms with E-state index in [1.54, 1.807) is 11.8 Å². The van der Waals surface area contributed by atoms with Gasteiger partial charge in [0.2, 0.25) is 5.91 Å². The Hall–Kier alpha value is -3.22. The maximum Gasteiger partial charge on any atom is 0.586 e. The van der Waals surface area contributed by atoms with Crippen LogP contribution in [0.2, 0.25) is 0 Å². The number of carbonyl (C=O) groups is 1. The number of nitrogens with zero attached hydrogens (tertiary/aromatic N) is 1. The molecule has 9 nitrogen and oxygen atoms in total. The third kappa shape index (κ3) is 4.30. The van der Waals surface area contributed by atoms with E-state index in [2.05, 4.69) is 14.8 Å². The fraction of sp³-hybridized carbons (Fsp3) is 0.500. The van der Waals surface area contributed by atoms with Crippen molar-refractivity contribution in [2.24, 2.45) is 5.41 Å². The van der Waals surface area contributed by atoms with Gasteiger partial charge in [-0.15, -0.1) is 8.78 Å². The van der Waals surface area contributed by atoms with E-state index in [1.807, 2.05) is 13.8 Å². The predicted molar refractivity (Wildman–Crippen MR) is 129 cm³/mol. The van der Waals surface area contributed by atoms with Crippen LogP contribution in [0.1, 0.15) is 31.9 Å². The van der Waals surface area contributed by atoms with E-state index in [0.29, 0.717) is 23.2 Å². The monoisotopic (exact) mass is 538 g/mol.